The lowest BCUT2D eigenvalue weighted by Gasteiger charge is -2.20. The molecule has 9 nitrogen and oxygen atoms in total. The van der Waals surface area contributed by atoms with E-state index in [9.17, 15) is 27.6 Å². The zero-order chi connectivity index (χ0) is 26.6. The number of nitrogens with one attached hydrogen (secondary N) is 1. The van der Waals surface area contributed by atoms with Gasteiger partial charge in [-0.25, -0.2) is 4.79 Å². The molecule has 1 aliphatic heterocycles. The van der Waals surface area contributed by atoms with Crippen LogP contribution in [-0.4, -0.2) is 29.4 Å². The number of benzene rings is 2. The maximum atomic E-state index is 12.7. The number of halogens is 4. The Kier molecular flexibility index (Phi) is 9.52. The first-order chi connectivity index (χ1) is 17.6. The fraction of sp³-hybridized carbons (Fsp3) is 0.292. The van der Waals surface area contributed by atoms with Gasteiger partial charge in [0, 0.05) is 0 Å². The summed E-state index contributed by atoms with van der Waals surface area (Å²) in [5.41, 5.74) is 1.14. The van der Waals surface area contributed by atoms with Crippen LogP contribution in [0.5, 0.6) is 11.5 Å². The van der Waals surface area contributed by atoms with Crippen LogP contribution in [0.1, 0.15) is 28.8 Å². The second-order valence-electron chi connectivity index (χ2n) is 7.90. The highest BCUT2D eigenvalue weighted by Gasteiger charge is 2.32. The van der Waals surface area contributed by atoms with Crippen molar-refractivity contribution >= 4 is 35.3 Å². The third-order valence-electron chi connectivity index (χ3n) is 5.23. The Morgan fingerprint density at radius 2 is 1.79 bits per heavy atom. The number of carbonyl (C=O) groups excluding carboxylic acids is 2. The van der Waals surface area contributed by atoms with E-state index in [4.69, 9.17) is 18.3 Å². The van der Waals surface area contributed by atoms with Gasteiger partial charge in [0.05, 0.1) is 5.25 Å². The summed E-state index contributed by atoms with van der Waals surface area (Å²) in [5.74, 6) is -0.885. The highest BCUT2D eigenvalue weighted by molar-refractivity contribution is 8.15. The molecule has 0 radical (unpaired) electrons. The highest BCUT2D eigenvalue weighted by atomic mass is 35.5. The molecule has 1 N–H and O–H groups in total. The molecule has 0 saturated carbocycles. The highest BCUT2D eigenvalue weighted by Crippen LogP contribution is 2.29. The van der Waals surface area contributed by atoms with Gasteiger partial charge in [-0.1, -0.05) is 36.0 Å². The molecule has 2 heterocycles. The monoisotopic (exact) mass is 575 g/mol. The van der Waals surface area contributed by atoms with Gasteiger partial charge in [0.25, 0.3) is 5.24 Å². The third kappa shape index (κ3) is 8.04. The predicted molar refractivity (Wildman–Crippen MR) is 130 cm³/mol. The van der Waals surface area contributed by atoms with Gasteiger partial charge < -0.3 is 23.0 Å². The van der Waals surface area contributed by atoms with E-state index in [1.807, 2.05) is 0 Å². The molecule has 0 spiro atoms. The molecule has 4 rings (SSSR count). The lowest BCUT2D eigenvalue weighted by atomic mass is 10.1. The average Bonchev–Trinajstić information content (AvgIpc) is 3.32. The lowest BCUT2D eigenvalue weighted by Crippen LogP contribution is -2.25. The normalized spacial score (nSPS) is 16.1. The minimum absolute atomic E-state index is 0. The minimum Gasteiger partial charge on any atom is -0.491 e. The van der Waals surface area contributed by atoms with Crippen molar-refractivity contribution in [2.75, 3.05) is 6.61 Å². The Bertz CT molecular complexity index is 1330. The third-order valence-corrected chi connectivity index (χ3v) is 6.21. The van der Waals surface area contributed by atoms with E-state index in [-0.39, 0.29) is 48.3 Å². The number of alkyl halides is 3. The topological polar surface area (TPSA) is 117 Å². The van der Waals surface area contributed by atoms with Crippen molar-refractivity contribution in [2.45, 2.75) is 37.7 Å². The average molecular weight is 576 g/mol. The molecular weight excluding hydrogens is 555 g/mol. The fourth-order valence-electron chi connectivity index (χ4n) is 3.47. The maximum Gasteiger partial charge on any atom is 0.573 e. The van der Waals surface area contributed by atoms with Gasteiger partial charge in [-0.15, -0.1) is 25.6 Å². The maximum absolute atomic E-state index is 12.7. The van der Waals surface area contributed by atoms with E-state index in [2.05, 4.69) is 10.1 Å². The second-order valence-corrected chi connectivity index (χ2v) is 9.07. The second kappa shape index (κ2) is 12.4. The first-order valence-electron chi connectivity index (χ1n) is 10.9. The Labute approximate surface area is 224 Å². The Morgan fingerprint density at radius 3 is 2.39 bits per heavy atom. The molecule has 2 amide bonds. The van der Waals surface area contributed by atoms with Crippen molar-refractivity contribution in [3.63, 3.8) is 0 Å². The summed E-state index contributed by atoms with van der Waals surface area (Å²) >= 11 is 0.933. The molecule has 1 saturated heterocycles. The molecule has 204 valence electrons. The molecule has 1 aromatic heterocycles. The molecular formula is C24H21ClF3NO8S. The molecule has 1 fully saturated rings. The lowest BCUT2D eigenvalue weighted by molar-refractivity contribution is -0.274. The standard InChI is InChI=1S/C24H20F3NO8S.ClH/c1-13-18(35-23(31)34-13)11-33-19(15-3-2-4-17(10-15)36-24(25,26)27)12-32-16-7-5-14(6-8-16)9-20-21(29)28-22(30)37-20;/h2-8,10,19-20H,9,11-12H2,1H3,(H,28,29,30);1H. The zero-order valence-electron chi connectivity index (χ0n) is 19.6. The van der Waals surface area contributed by atoms with Gasteiger partial charge >= 0.3 is 12.2 Å². The van der Waals surface area contributed by atoms with Crippen LogP contribution >= 0.6 is 24.2 Å². The number of thioether (sulfide) groups is 1. The number of imide groups is 1. The van der Waals surface area contributed by atoms with Gasteiger partial charge in [0.15, 0.2) is 5.76 Å². The van der Waals surface area contributed by atoms with E-state index in [1.165, 1.54) is 19.1 Å². The van der Waals surface area contributed by atoms with Crippen LogP contribution in [0.2, 0.25) is 0 Å². The van der Waals surface area contributed by atoms with E-state index < -0.39 is 29.3 Å². The van der Waals surface area contributed by atoms with Crippen molar-refractivity contribution in [1.82, 2.24) is 5.32 Å². The predicted octanol–water partition coefficient (Wildman–Crippen LogP) is 5.09. The molecule has 2 unspecified atom stereocenters. The van der Waals surface area contributed by atoms with Crippen molar-refractivity contribution in [1.29, 1.82) is 0 Å². The number of rotatable bonds is 10. The van der Waals surface area contributed by atoms with Crippen LogP contribution in [-0.2, 0) is 22.6 Å². The smallest absolute Gasteiger partial charge is 0.491 e. The van der Waals surface area contributed by atoms with Crippen LogP contribution in [0.4, 0.5) is 18.0 Å². The van der Waals surface area contributed by atoms with Gasteiger partial charge in [0.1, 0.15) is 36.6 Å². The fourth-order valence-corrected chi connectivity index (χ4v) is 4.33. The summed E-state index contributed by atoms with van der Waals surface area (Å²) < 4.78 is 63.4. The van der Waals surface area contributed by atoms with Crippen molar-refractivity contribution < 1.29 is 45.8 Å². The molecule has 2 aromatic carbocycles. The van der Waals surface area contributed by atoms with E-state index in [0.29, 0.717) is 17.7 Å². The summed E-state index contributed by atoms with van der Waals surface area (Å²) in [5, 5.41) is 1.35. The SMILES string of the molecule is Cc1oc(=O)oc1COC(COc1ccc(CC2SC(=O)NC2=O)cc1)c1cccc(OC(F)(F)F)c1.Cl. The van der Waals surface area contributed by atoms with Crippen molar-refractivity contribution in [3.05, 3.63) is 81.8 Å². The van der Waals surface area contributed by atoms with Crippen molar-refractivity contribution in [3.8, 4) is 11.5 Å². The summed E-state index contributed by atoms with van der Waals surface area (Å²) in [7, 11) is 0. The number of hydrogen-bond donors (Lipinski definition) is 1. The van der Waals surface area contributed by atoms with Crippen LogP contribution in [0.25, 0.3) is 0 Å². The summed E-state index contributed by atoms with van der Waals surface area (Å²) in [6.07, 6.45) is -5.38. The molecule has 0 bridgehead atoms. The number of amides is 2. The van der Waals surface area contributed by atoms with E-state index >= 15 is 0 Å². The van der Waals surface area contributed by atoms with Crippen LogP contribution in [0.3, 0.4) is 0 Å². The summed E-state index contributed by atoms with van der Waals surface area (Å²) in [6.45, 7) is 1.21. The first kappa shape index (κ1) is 29.1. The number of ether oxygens (including phenoxy) is 3. The summed E-state index contributed by atoms with van der Waals surface area (Å²) in [4.78, 5) is 34.4. The molecule has 2 atom stereocenters. The number of hydrogen-bond acceptors (Lipinski definition) is 9. The van der Waals surface area contributed by atoms with E-state index in [1.54, 1.807) is 30.3 Å². The van der Waals surface area contributed by atoms with Gasteiger partial charge in [-0.05, 0) is 48.7 Å². The van der Waals surface area contributed by atoms with Crippen LogP contribution in [0.15, 0.2) is 62.2 Å². The quantitative estimate of drug-likeness (QED) is 0.352. The van der Waals surface area contributed by atoms with E-state index in [0.717, 1.165) is 23.4 Å². The summed E-state index contributed by atoms with van der Waals surface area (Å²) in [6, 6.07) is 12.1. The first-order valence-corrected chi connectivity index (χ1v) is 11.7. The molecule has 3 aromatic rings. The molecule has 38 heavy (non-hydrogen) atoms. The van der Waals surface area contributed by atoms with Crippen LogP contribution < -0.4 is 20.6 Å². The van der Waals surface area contributed by atoms with Crippen molar-refractivity contribution in [2.24, 2.45) is 0 Å². The van der Waals surface area contributed by atoms with Gasteiger partial charge in [-0.2, -0.15) is 0 Å². The number of carbonyl (C=O) groups is 2. The minimum atomic E-state index is -4.87. The molecule has 1 aliphatic rings. The Morgan fingerprint density at radius 1 is 1.05 bits per heavy atom. The molecule has 14 heteroatoms. The largest absolute Gasteiger partial charge is 0.573 e. The van der Waals surface area contributed by atoms with Crippen LogP contribution in [0, 0.1) is 6.92 Å². The Hall–Kier alpha value is -3.42. The molecule has 0 aliphatic carbocycles. The zero-order valence-corrected chi connectivity index (χ0v) is 21.2. The van der Waals surface area contributed by atoms with Gasteiger partial charge in [-0.3, -0.25) is 14.9 Å². The Balaban J connectivity index is 0.00000400. The van der Waals surface area contributed by atoms with Gasteiger partial charge in [0.2, 0.25) is 5.91 Å². The number of aryl methyl sites for hydroxylation is 1.